The van der Waals surface area contributed by atoms with E-state index in [0.29, 0.717) is 12.6 Å². The summed E-state index contributed by atoms with van der Waals surface area (Å²) >= 11 is 0. The van der Waals surface area contributed by atoms with Crippen molar-refractivity contribution >= 4 is 5.82 Å². The molecule has 2 saturated carbocycles. The molecule has 3 aliphatic rings. The van der Waals surface area contributed by atoms with Gasteiger partial charge in [0.25, 0.3) is 0 Å². The molecule has 0 radical (unpaired) electrons. The van der Waals surface area contributed by atoms with E-state index >= 15 is 0 Å². The topological polar surface area (TPSA) is 25.4 Å². The normalized spacial score (nSPS) is 26.6. The molecule has 2 bridgehead atoms. The molecule has 2 aliphatic carbocycles. The number of ether oxygens (including phenoxy) is 1. The number of nitrogens with zero attached hydrogens (tertiary/aromatic N) is 2. The van der Waals surface area contributed by atoms with E-state index in [-0.39, 0.29) is 0 Å². The number of fused-ring (bicyclic) bond motifs is 5. The third-order valence-corrected chi connectivity index (χ3v) is 6.53. The first-order chi connectivity index (χ1) is 12.2. The van der Waals surface area contributed by atoms with E-state index in [9.17, 15) is 0 Å². The fourth-order valence-corrected chi connectivity index (χ4v) is 5.17. The Morgan fingerprint density at radius 2 is 1.76 bits per heavy atom. The second-order valence-corrected chi connectivity index (χ2v) is 8.25. The molecule has 3 heteroatoms. The first-order valence-electron chi connectivity index (χ1n) is 9.64. The van der Waals surface area contributed by atoms with E-state index in [0.717, 1.165) is 29.1 Å². The first kappa shape index (κ1) is 15.2. The van der Waals surface area contributed by atoms with Crippen molar-refractivity contribution < 1.29 is 4.74 Å². The predicted octanol–water partition coefficient (Wildman–Crippen LogP) is 4.96. The smallest absolute Gasteiger partial charge is 0.223 e. The Labute approximate surface area is 150 Å². The van der Waals surface area contributed by atoms with Gasteiger partial charge >= 0.3 is 0 Å². The van der Waals surface area contributed by atoms with Crippen molar-refractivity contribution in [2.24, 2.45) is 11.8 Å². The minimum absolute atomic E-state index is 0.623. The van der Waals surface area contributed by atoms with Crippen molar-refractivity contribution in [2.75, 3.05) is 11.9 Å². The van der Waals surface area contributed by atoms with Crippen molar-refractivity contribution in [1.29, 1.82) is 0 Å². The molecule has 130 valence electrons. The molecule has 5 rings (SSSR count). The molecule has 1 aliphatic heterocycles. The van der Waals surface area contributed by atoms with Crippen LogP contribution in [-0.2, 0) is 6.61 Å². The van der Waals surface area contributed by atoms with Gasteiger partial charge in [0.2, 0.25) is 5.88 Å². The Hall–Kier alpha value is -2.03. The van der Waals surface area contributed by atoms with E-state index in [1.807, 2.05) is 0 Å². The molecular weight excluding hydrogens is 308 g/mol. The zero-order valence-electron chi connectivity index (χ0n) is 15.2. The Morgan fingerprint density at radius 1 is 1.00 bits per heavy atom. The highest BCUT2D eigenvalue weighted by molar-refractivity contribution is 5.75. The molecule has 2 heterocycles. The van der Waals surface area contributed by atoms with Crippen LogP contribution in [0.4, 0.5) is 5.82 Å². The summed E-state index contributed by atoms with van der Waals surface area (Å²) in [5, 5.41) is 0. The van der Waals surface area contributed by atoms with Crippen LogP contribution in [0.5, 0.6) is 5.88 Å². The van der Waals surface area contributed by atoms with Crippen LogP contribution in [0.1, 0.15) is 43.2 Å². The van der Waals surface area contributed by atoms with E-state index in [1.165, 1.54) is 48.8 Å². The molecule has 1 unspecified atom stereocenters. The fraction of sp³-hybridized carbons (Fsp3) is 0.500. The number of benzene rings is 1. The monoisotopic (exact) mass is 334 g/mol. The third-order valence-electron chi connectivity index (χ3n) is 6.53. The Morgan fingerprint density at radius 3 is 2.56 bits per heavy atom. The molecule has 3 atom stereocenters. The van der Waals surface area contributed by atoms with Gasteiger partial charge in [0, 0.05) is 18.7 Å². The highest BCUT2D eigenvalue weighted by atomic mass is 16.5. The number of anilines is 1. The number of aryl methyl sites for hydroxylation is 1. The maximum absolute atomic E-state index is 6.00. The molecule has 3 nitrogen and oxygen atoms in total. The molecule has 1 aromatic carbocycles. The number of pyridine rings is 1. The summed E-state index contributed by atoms with van der Waals surface area (Å²) < 4.78 is 6.00. The minimum atomic E-state index is 0.623. The molecular formula is C22H26N2O. The van der Waals surface area contributed by atoms with Crippen LogP contribution >= 0.6 is 0 Å². The standard InChI is InChI=1S/C22H26N2O/c1-14-3-6-19-17(9-14)13-25-22-20(19)7-8-21(23-22)24(2)18-11-15-4-5-16(10-15)12-18/h3,6-9,15-16,18H,4-5,10-13H2,1-2H3/t15-,16+,18?. The van der Waals surface area contributed by atoms with Crippen LogP contribution in [-0.4, -0.2) is 18.1 Å². The highest BCUT2D eigenvalue weighted by Crippen LogP contribution is 2.44. The summed E-state index contributed by atoms with van der Waals surface area (Å²) in [6.07, 6.45) is 6.99. The Kier molecular flexibility index (Phi) is 3.51. The molecule has 0 saturated heterocycles. The molecule has 2 fully saturated rings. The van der Waals surface area contributed by atoms with Crippen molar-refractivity contribution in [3.8, 4) is 17.0 Å². The lowest BCUT2D eigenvalue weighted by atomic mass is 9.85. The van der Waals surface area contributed by atoms with E-state index in [2.05, 4.69) is 49.2 Å². The van der Waals surface area contributed by atoms with Crippen LogP contribution < -0.4 is 9.64 Å². The summed E-state index contributed by atoms with van der Waals surface area (Å²) in [7, 11) is 2.21. The van der Waals surface area contributed by atoms with E-state index in [1.54, 1.807) is 0 Å². The first-order valence-corrected chi connectivity index (χ1v) is 9.64. The maximum atomic E-state index is 6.00. The van der Waals surface area contributed by atoms with Gasteiger partial charge in [-0.2, -0.15) is 4.98 Å². The average molecular weight is 334 g/mol. The number of hydrogen-bond donors (Lipinski definition) is 0. The number of aromatic nitrogens is 1. The molecule has 0 N–H and O–H groups in total. The van der Waals surface area contributed by atoms with Gasteiger partial charge < -0.3 is 9.64 Å². The maximum Gasteiger partial charge on any atom is 0.223 e. The fourth-order valence-electron chi connectivity index (χ4n) is 5.17. The van der Waals surface area contributed by atoms with Gasteiger partial charge in [-0.1, -0.05) is 36.6 Å². The zero-order chi connectivity index (χ0) is 17.0. The van der Waals surface area contributed by atoms with Crippen molar-refractivity contribution in [3.05, 3.63) is 41.5 Å². The number of hydrogen-bond acceptors (Lipinski definition) is 3. The Balaban J connectivity index is 1.44. The molecule has 0 spiro atoms. The van der Waals surface area contributed by atoms with Crippen LogP contribution in [0, 0.1) is 18.8 Å². The summed E-state index contributed by atoms with van der Waals surface area (Å²) in [6.45, 7) is 2.75. The van der Waals surface area contributed by atoms with E-state index in [4.69, 9.17) is 9.72 Å². The minimum Gasteiger partial charge on any atom is -0.472 e. The third kappa shape index (κ3) is 2.61. The second kappa shape index (κ2) is 5.76. The predicted molar refractivity (Wildman–Crippen MR) is 101 cm³/mol. The van der Waals surface area contributed by atoms with Gasteiger partial charge in [-0.3, -0.25) is 0 Å². The van der Waals surface area contributed by atoms with Gasteiger partial charge in [0.15, 0.2) is 0 Å². The summed E-state index contributed by atoms with van der Waals surface area (Å²) in [5.41, 5.74) is 4.94. The lowest BCUT2D eigenvalue weighted by molar-refractivity contribution is 0.288. The summed E-state index contributed by atoms with van der Waals surface area (Å²) in [5.74, 6) is 3.73. The Bertz CT molecular complexity index is 804. The summed E-state index contributed by atoms with van der Waals surface area (Å²) in [4.78, 5) is 7.29. The highest BCUT2D eigenvalue weighted by Gasteiger charge is 2.36. The molecule has 25 heavy (non-hydrogen) atoms. The average Bonchev–Trinajstić information content (AvgIpc) is 2.98. The van der Waals surface area contributed by atoms with Gasteiger partial charge in [-0.25, -0.2) is 0 Å². The second-order valence-electron chi connectivity index (χ2n) is 8.25. The van der Waals surface area contributed by atoms with Gasteiger partial charge in [0.1, 0.15) is 12.4 Å². The SMILES string of the molecule is Cc1ccc2c(c1)COc1nc(N(C)C3C[C@H]4CC[C@@H](C3)C4)ccc1-2. The van der Waals surface area contributed by atoms with Crippen LogP contribution in [0.15, 0.2) is 30.3 Å². The largest absolute Gasteiger partial charge is 0.472 e. The number of rotatable bonds is 2. The van der Waals surface area contributed by atoms with Crippen molar-refractivity contribution in [3.63, 3.8) is 0 Å². The van der Waals surface area contributed by atoms with Crippen LogP contribution in [0.3, 0.4) is 0 Å². The molecule has 1 aromatic heterocycles. The van der Waals surface area contributed by atoms with Crippen molar-refractivity contribution in [1.82, 2.24) is 4.98 Å². The zero-order valence-corrected chi connectivity index (χ0v) is 15.2. The van der Waals surface area contributed by atoms with Gasteiger partial charge in [-0.05, 0) is 61.3 Å². The quantitative estimate of drug-likeness (QED) is 0.776. The lowest BCUT2D eigenvalue weighted by Crippen LogP contribution is -2.37. The molecule has 2 aromatic rings. The van der Waals surface area contributed by atoms with E-state index < -0.39 is 0 Å². The lowest BCUT2D eigenvalue weighted by Gasteiger charge is -2.36. The van der Waals surface area contributed by atoms with Gasteiger partial charge in [0.05, 0.1) is 0 Å². The van der Waals surface area contributed by atoms with Crippen molar-refractivity contribution in [2.45, 2.75) is 51.7 Å². The molecule has 0 amide bonds. The summed E-state index contributed by atoms with van der Waals surface area (Å²) in [6, 6.07) is 11.6. The van der Waals surface area contributed by atoms with Crippen LogP contribution in [0.25, 0.3) is 11.1 Å². The van der Waals surface area contributed by atoms with Crippen LogP contribution in [0.2, 0.25) is 0 Å². The van der Waals surface area contributed by atoms with Gasteiger partial charge in [-0.15, -0.1) is 0 Å².